The third-order valence-corrected chi connectivity index (χ3v) is 4.65. The number of carbonyl (C=O) groups is 1. The molecule has 0 saturated carbocycles. The highest BCUT2D eigenvalue weighted by Gasteiger charge is 2.40. The van der Waals surface area contributed by atoms with Gasteiger partial charge in [-0.2, -0.15) is 0 Å². The Balaban J connectivity index is 1.93. The van der Waals surface area contributed by atoms with Crippen LogP contribution in [-0.4, -0.2) is 12.0 Å². The molecule has 1 unspecified atom stereocenters. The molecule has 1 aliphatic heterocycles. The van der Waals surface area contributed by atoms with Crippen molar-refractivity contribution < 1.29 is 9.63 Å². The molecule has 1 heterocycles. The number of hydrogen-bond donors (Lipinski definition) is 0. The molecule has 0 aromatic carbocycles. The summed E-state index contributed by atoms with van der Waals surface area (Å²) in [5.41, 5.74) is -0.167. The Morgan fingerprint density at radius 3 is 1.86 bits per heavy atom. The maximum atomic E-state index is 11.5. The molecule has 1 atom stereocenters. The summed E-state index contributed by atoms with van der Waals surface area (Å²) in [5.74, 6) is -0.229. The van der Waals surface area contributed by atoms with Gasteiger partial charge in [-0.25, -0.2) is 0 Å². The molecule has 1 rings (SSSR count). The first-order valence-electron chi connectivity index (χ1n) is 9.18. The first-order valence-corrected chi connectivity index (χ1v) is 9.18. The van der Waals surface area contributed by atoms with Gasteiger partial charge in [0.15, 0.2) is 0 Å². The summed E-state index contributed by atoms with van der Waals surface area (Å²) >= 11 is 0. The molecule has 0 spiro atoms. The molecule has 0 aromatic rings. The number of hydrogen-bond acceptors (Lipinski definition) is 3. The second-order valence-electron chi connectivity index (χ2n) is 7.28. The molecule has 22 heavy (non-hydrogen) atoms. The van der Waals surface area contributed by atoms with Gasteiger partial charge in [-0.1, -0.05) is 96.5 Å². The average Bonchev–Trinajstić information content (AvgIpc) is 2.92. The summed E-state index contributed by atoms with van der Waals surface area (Å²) in [6, 6.07) is 0. The zero-order valence-electron chi connectivity index (χ0n) is 14.8. The fraction of sp³-hybridized carbons (Fsp3) is 0.944. The highest BCUT2D eigenvalue weighted by molar-refractivity contribution is 5.82. The Morgan fingerprint density at radius 1 is 0.909 bits per heavy atom. The highest BCUT2D eigenvalue weighted by Crippen LogP contribution is 2.33. The van der Waals surface area contributed by atoms with Crippen molar-refractivity contribution in [1.29, 1.82) is 0 Å². The Bertz CT molecular complexity index is 340. The van der Waals surface area contributed by atoms with Gasteiger partial charge in [0.1, 0.15) is 0 Å². The van der Waals surface area contributed by atoms with E-state index in [9.17, 15) is 4.79 Å². The summed E-state index contributed by atoms with van der Waals surface area (Å²) in [5, 5.41) is 6.84. The second-order valence-corrected chi connectivity index (χ2v) is 7.28. The van der Waals surface area contributed by atoms with E-state index in [0.29, 0.717) is 0 Å². The van der Waals surface area contributed by atoms with E-state index >= 15 is 0 Å². The van der Waals surface area contributed by atoms with Crippen LogP contribution in [0.15, 0.2) is 10.4 Å². The van der Waals surface area contributed by atoms with E-state index in [1.807, 2.05) is 0 Å². The normalized spacial score (nSPS) is 18.0. The SMILES string of the molecule is CCCCCCCCCCCCCC(C)(C)C1ON=NC1=O. The van der Waals surface area contributed by atoms with Crippen LogP contribution in [-0.2, 0) is 9.63 Å². The zero-order chi connectivity index (χ0) is 16.3. The number of carbonyl (C=O) groups excluding carboxylic acids is 1. The summed E-state index contributed by atoms with van der Waals surface area (Å²) in [6.07, 6.45) is 15.3. The van der Waals surface area contributed by atoms with Gasteiger partial charge in [0.25, 0.3) is 0 Å². The summed E-state index contributed by atoms with van der Waals surface area (Å²) < 4.78 is 0. The number of rotatable bonds is 13. The molecule has 4 heteroatoms. The zero-order valence-corrected chi connectivity index (χ0v) is 14.8. The van der Waals surface area contributed by atoms with E-state index in [2.05, 4.69) is 31.2 Å². The van der Waals surface area contributed by atoms with Crippen molar-refractivity contribution in [2.24, 2.45) is 15.8 Å². The van der Waals surface area contributed by atoms with Gasteiger partial charge in [-0.15, -0.1) is 0 Å². The Hall–Kier alpha value is -0.930. The van der Waals surface area contributed by atoms with Gasteiger partial charge in [-0.05, 0) is 6.42 Å². The smallest absolute Gasteiger partial charge is 0.311 e. The number of unbranched alkanes of at least 4 members (excludes halogenated alkanes) is 10. The molecule has 0 aromatic heterocycles. The van der Waals surface area contributed by atoms with Gasteiger partial charge < -0.3 is 4.84 Å². The van der Waals surface area contributed by atoms with Crippen molar-refractivity contribution in [2.45, 2.75) is 104 Å². The molecule has 0 aliphatic carbocycles. The van der Waals surface area contributed by atoms with Crippen molar-refractivity contribution in [3.63, 3.8) is 0 Å². The third-order valence-electron chi connectivity index (χ3n) is 4.65. The minimum absolute atomic E-state index is 0.167. The largest absolute Gasteiger partial charge is 0.365 e. The summed E-state index contributed by atoms with van der Waals surface area (Å²) in [6.45, 7) is 6.41. The molecule has 4 nitrogen and oxygen atoms in total. The molecule has 0 N–H and O–H groups in total. The van der Waals surface area contributed by atoms with Crippen LogP contribution in [0.4, 0.5) is 0 Å². The molecular weight excluding hydrogens is 276 g/mol. The van der Waals surface area contributed by atoms with E-state index in [-0.39, 0.29) is 11.3 Å². The molecule has 1 aliphatic rings. The predicted octanol–water partition coefficient (Wildman–Crippen LogP) is 6.01. The predicted molar refractivity (Wildman–Crippen MR) is 89.6 cm³/mol. The molecule has 0 fully saturated rings. The monoisotopic (exact) mass is 310 g/mol. The Labute approximate surface area is 136 Å². The van der Waals surface area contributed by atoms with Crippen LogP contribution in [0.5, 0.6) is 0 Å². The quantitative estimate of drug-likeness (QED) is 0.391. The minimum Gasteiger partial charge on any atom is -0.365 e. The summed E-state index contributed by atoms with van der Waals surface area (Å²) in [7, 11) is 0. The lowest BCUT2D eigenvalue weighted by Crippen LogP contribution is -2.34. The second kappa shape index (κ2) is 10.7. The van der Waals surface area contributed by atoms with Crippen molar-refractivity contribution in [2.75, 3.05) is 0 Å². The molecule has 0 bridgehead atoms. The van der Waals surface area contributed by atoms with E-state index in [0.717, 1.165) is 12.8 Å². The van der Waals surface area contributed by atoms with Gasteiger partial charge in [0, 0.05) is 10.7 Å². The first kappa shape index (κ1) is 19.1. The van der Waals surface area contributed by atoms with Crippen molar-refractivity contribution in [3.8, 4) is 0 Å². The van der Waals surface area contributed by atoms with Crippen LogP contribution >= 0.6 is 0 Å². The average molecular weight is 310 g/mol. The standard InChI is InChI=1S/C18H34N2O2/c1-4-5-6-7-8-9-10-11-12-13-14-15-18(2,3)16-17(21)19-20-22-16/h16H,4-15H2,1-3H3. The lowest BCUT2D eigenvalue weighted by Gasteiger charge is -2.27. The van der Waals surface area contributed by atoms with Gasteiger partial charge in [-0.3, -0.25) is 4.79 Å². The molecule has 0 radical (unpaired) electrons. The van der Waals surface area contributed by atoms with Gasteiger partial charge in [0.05, 0.1) is 0 Å². The van der Waals surface area contributed by atoms with Crippen molar-refractivity contribution in [1.82, 2.24) is 0 Å². The molecular formula is C18H34N2O2. The van der Waals surface area contributed by atoms with Gasteiger partial charge in [0.2, 0.25) is 6.10 Å². The Morgan fingerprint density at radius 2 is 1.41 bits per heavy atom. The Kier molecular flexibility index (Phi) is 9.33. The number of nitrogens with zero attached hydrogens (tertiary/aromatic N) is 2. The molecule has 1 amide bonds. The van der Waals surface area contributed by atoms with Crippen LogP contribution in [0.1, 0.15) is 97.8 Å². The van der Waals surface area contributed by atoms with Crippen LogP contribution in [0, 0.1) is 5.41 Å². The molecule has 0 saturated heterocycles. The first-order chi connectivity index (χ1) is 10.6. The fourth-order valence-electron chi connectivity index (χ4n) is 3.06. The topological polar surface area (TPSA) is 51.0 Å². The minimum atomic E-state index is -0.476. The van der Waals surface area contributed by atoms with E-state index in [1.165, 1.54) is 64.2 Å². The van der Waals surface area contributed by atoms with E-state index < -0.39 is 6.10 Å². The van der Waals surface area contributed by atoms with E-state index in [1.54, 1.807) is 0 Å². The maximum Gasteiger partial charge on any atom is 0.311 e. The van der Waals surface area contributed by atoms with Crippen molar-refractivity contribution >= 4 is 5.91 Å². The third kappa shape index (κ3) is 7.37. The van der Waals surface area contributed by atoms with Gasteiger partial charge >= 0.3 is 5.91 Å². The highest BCUT2D eigenvalue weighted by atomic mass is 16.7. The lowest BCUT2D eigenvalue weighted by atomic mass is 9.81. The summed E-state index contributed by atoms with van der Waals surface area (Å²) in [4.78, 5) is 16.6. The van der Waals surface area contributed by atoms with Crippen LogP contribution < -0.4 is 0 Å². The van der Waals surface area contributed by atoms with Crippen LogP contribution in [0.2, 0.25) is 0 Å². The van der Waals surface area contributed by atoms with E-state index in [4.69, 9.17) is 4.84 Å². The lowest BCUT2D eigenvalue weighted by molar-refractivity contribution is -0.130. The number of amides is 1. The molecule has 128 valence electrons. The van der Waals surface area contributed by atoms with Crippen molar-refractivity contribution in [3.05, 3.63) is 0 Å². The van der Waals surface area contributed by atoms with Crippen LogP contribution in [0.25, 0.3) is 0 Å². The maximum absolute atomic E-state index is 11.5. The fourth-order valence-corrected chi connectivity index (χ4v) is 3.06. The van der Waals surface area contributed by atoms with Crippen LogP contribution in [0.3, 0.4) is 0 Å².